The molecule has 3 nitrogen and oxygen atoms in total. The van der Waals surface area contributed by atoms with Gasteiger partial charge in [-0.25, -0.2) is 0 Å². The fourth-order valence-corrected chi connectivity index (χ4v) is 2.96. The van der Waals surface area contributed by atoms with Crippen LogP contribution in [0.1, 0.15) is 32.6 Å². The predicted molar refractivity (Wildman–Crippen MR) is 73.3 cm³/mol. The molecule has 0 heterocycles. The molecule has 2 atom stereocenters. The van der Waals surface area contributed by atoms with Crippen LogP contribution < -0.4 is 5.73 Å². The molecule has 2 aliphatic rings. The van der Waals surface area contributed by atoms with E-state index in [1.54, 1.807) is 0 Å². The Morgan fingerprint density at radius 1 is 1.56 bits per heavy atom. The highest BCUT2D eigenvalue weighted by Crippen LogP contribution is 2.32. The van der Waals surface area contributed by atoms with Gasteiger partial charge >= 0.3 is 0 Å². The van der Waals surface area contributed by atoms with Crippen molar-refractivity contribution in [2.45, 2.75) is 50.2 Å². The largest absolute Gasteiger partial charge is 0.477 e. The quantitative estimate of drug-likeness (QED) is 0.475. The zero-order chi connectivity index (χ0) is 13.1. The summed E-state index contributed by atoms with van der Waals surface area (Å²) in [4.78, 5) is 0. The summed E-state index contributed by atoms with van der Waals surface area (Å²) in [5, 5.41) is 0.0229. The smallest absolute Gasteiger partial charge is 0.176 e. The van der Waals surface area contributed by atoms with Gasteiger partial charge in [-0.3, -0.25) is 0 Å². The minimum absolute atomic E-state index is 0.0229. The molecular formula is C14H22ClNO2. The molecule has 0 radical (unpaired) electrons. The molecule has 1 saturated carbocycles. The first-order valence-corrected chi connectivity index (χ1v) is 7.02. The second kappa shape index (κ2) is 5.98. The summed E-state index contributed by atoms with van der Waals surface area (Å²) in [6, 6.07) is 0. The average Bonchev–Trinajstić information content (AvgIpc) is 2.23. The second-order valence-electron chi connectivity index (χ2n) is 5.41. The van der Waals surface area contributed by atoms with E-state index in [0.717, 1.165) is 32.3 Å². The van der Waals surface area contributed by atoms with Crippen LogP contribution in [-0.4, -0.2) is 24.2 Å². The lowest BCUT2D eigenvalue weighted by molar-refractivity contribution is -0.0495. The van der Waals surface area contributed by atoms with E-state index in [9.17, 15) is 0 Å². The highest BCUT2D eigenvalue weighted by atomic mass is 35.5. The summed E-state index contributed by atoms with van der Waals surface area (Å²) < 4.78 is 11.3. The van der Waals surface area contributed by atoms with Gasteiger partial charge in [0.05, 0.1) is 18.1 Å². The first-order chi connectivity index (χ1) is 8.54. The number of halogens is 1. The third-order valence-electron chi connectivity index (χ3n) is 3.68. The third-order valence-corrected chi connectivity index (χ3v) is 4.09. The van der Waals surface area contributed by atoms with Gasteiger partial charge in [0.15, 0.2) is 5.88 Å². The third kappa shape index (κ3) is 3.66. The lowest BCUT2D eigenvalue weighted by Crippen LogP contribution is -2.37. The standard InChI is InChI=1S/C14H22ClNO2/c1-9-3-4-14(13(15)5-9)17-8-11-6-12(7-11)18-10(2)16/h5,11-14H,2-4,6-8,16H2,1H3. The van der Waals surface area contributed by atoms with Crippen LogP contribution in [0.25, 0.3) is 0 Å². The topological polar surface area (TPSA) is 44.5 Å². The number of ether oxygens (including phenoxy) is 2. The number of hydrogen-bond donors (Lipinski definition) is 1. The van der Waals surface area contributed by atoms with Crippen molar-refractivity contribution in [1.82, 2.24) is 0 Å². The molecule has 0 aliphatic heterocycles. The maximum absolute atomic E-state index is 6.27. The van der Waals surface area contributed by atoms with E-state index in [2.05, 4.69) is 19.6 Å². The molecule has 18 heavy (non-hydrogen) atoms. The van der Waals surface area contributed by atoms with Crippen LogP contribution in [0.4, 0.5) is 0 Å². The van der Waals surface area contributed by atoms with Crippen LogP contribution in [0, 0.1) is 5.92 Å². The molecule has 0 aromatic heterocycles. The first kappa shape index (κ1) is 13.8. The van der Waals surface area contributed by atoms with Gasteiger partial charge in [-0.15, -0.1) is 11.6 Å². The van der Waals surface area contributed by atoms with Gasteiger partial charge in [0.25, 0.3) is 0 Å². The Bertz CT molecular complexity index is 337. The van der Waals surface area contributed by atoms with Crippen molar-refractivity contribution < 1.29 is 9.47 Å². The van der Waals surface area contributed by atoms with Crippen molar-refractivity contribution in [3.05, 3.63) is 24.1 Å². The highest BCUT2D eigenvalue weighted by molar-refractivity contribution is 6.22. The molecule has 4 heteroatoms. The van der Waals surface area contributed by atoms with Gasteiger partial charge in [-0.2, -0.15) is 0 Å². The summed E-state index contributed by atoms with van der Waals surface area (Å²) in [6.07, 6.45) is 6.65. The average molecular weight is 272 g/mol. The van der Waals surface area contributed by atoms with E-state index >= 15 is 0 Å². The molecule has 0 spiro atoms. The Hall–Kier alpha value is -0.670. The monoisotopic (exact) mass is 271 g/mol. The van der Waals surface area contributed by atoms with Gasteiger partial charge < -0.3 is 15.2 Å². The molecule has 0 amide bonds. The summed E-state index contributed by atoms with van der Waals surface area (Å²) in [5.41, 5.74) is 6.77. The SMILES string of the molecule is C=C(N)OC1CC(COC2CCC(C)=CC2Cl)C1. The normalized spacial score (nSPS) is 35.6. The van der Waals surface area contributed by atoms with Crippen LogP contribution in [0.3, 0.4) is 0 Å². The zero-order valence-corrected chi connectivity index (χ0v) is 11.7. The van der Waals surface area contributed by atoms with E-state index in [0.29, 0.717) is 11.8 Å². The van der Waals surface area contributed by atoms with Crippen LogP contribution in [-0.2, 0) is 9.47 Å². The molecule has 1 fully saturated rings. The lowest BCUT2D eigenvalue weighted by atomic mass is 9.83. The van der Waals surface area contributed by atoms with Gasteiger partial charge in [0.2, 0.25) is 0 Å². The number of alkyl halides is 1. The molecule has 0 aromatic carbocycles. The Morgan fingerprint density at radius 2 is 2.28 bits per heavy atom. The molecule has 102 valence electrons. The van der Waals surface area contributed by atoms with Gasteiger partial charge in [0.1, 0.15) is 6.10 Å². The van der Waals surface area contributed by atoms with Crippen molar-refractivity contribution in [2.75, 3.05) is 6.61 Å². The maximum Gasteiger partial charge on any atom is 0.176 e. The summed E-state index contributed by atoms with van der Waals surface area (Å²) in [7, 11) is 0. The Balaban J connectivity index is 1.64. The second-order valence-corrected chi connectivity index (χ2v) is 5.92. The van der Waals surface area contributed by atoms with Crippen molar-refractivity contribution in [2.24, 2.45) is 11.7 Å². The minimum Gasteiger partial charge on any atom is -0.477 e. The van der Waals surface area contributed by atoms with Crippen molar-refractivity contribution >= 4 is 11.6 Å². The lowest BCUT2D eigenvalue weighted by Gasteiger charge is -2.36. The number of hydrogen-bond acceptors (Lipinski definition) is 3. The molecule has 0 aromatic rings. The van der Waals surface area contributed by atoms with E-state index < -0.39 is 0 Å². The van der Waals surface area contributed by atoms with Crippen LogP contribution in [0.2, 0.25) is 0 Å². The molecule has 2 N–H and O–H groups in total. The molecule has 0 saturated heterocycles. The van der Waals surface area contributed by atoms with Crippen LogP contribution in [0.15, 0.2) is 24.1 Å². The number of nitrogens with two attached hydrogens (primary N) is 1. The molecule has 2 unspecified atom stereocenters. The van der Waals surface area contributed by atoms with Crippen molar-refractivity contribution in [3.8, 4) is 0 Å². The molecule has 2 aliphatic carbocycles. The van der Waals surface area contributed by atoms with Crippen molar-refractivity contribution in [3.63, 3.8) is 0 Å². The van der Waals surface area contributed by atoms with Crippen LogP contribution >= 0.6 is 11.6 Å². The Kier molecular flexibility index (Phi) is 4.57. The van der Waals surface area contributed by atoms with Gasteiger partial charge in [0, 0.05) is 0 Å². The zero-order valence-electron chi connectivity index (χ0n) is 10.9. The van der Waals surface area contributed by atoms with Crippen LogP contribution in [0.5, 0.6) is 0 Å². The number of allylic oxidation sites excluding steroid dienone is 1. The minimum atomic E-state index is 0.0229. The Labute approximate surface area is 114 Å². The predicted octanol–water partition coefficient (Wildman–Crippen LogP) is 2.94. The summed E-state index contributed by atoms with van der Waals surface area (Å²) >= 11 is 6.27. The fourth-order valence-electron chi connectivity index (χ4n) is 2.55. The summed E-state index contributed by atoms with van der Waals surface area (Å²) in [5.74, 6) is 0.887. The highest BCUT2D eigenvalue weighted by Gasteiger charge is 2.32. The summed E-state index contributed by atoms with van der Waals surface area (Å²) in [6.45, 7) is 6.44. The Morgan fingerprint density at radius 3 is 2.89 bits per heavy atom. The van der Waals surface area contributed by atoms with E-state index in [-0.39, 0.29) is 17.6 Å². The van der Waals surface area contributed by atoms with Gasteiger partial charge in [-0.1, -0.05) is 11.6 Å². The first-order valence-electron chi connectivity index (χ1n) is 6.58. The van der Waals surface area contributed by atoms with E-state index in [4.69, 9.17) is 26.8 Å². The molecular weight excluding hydrogens is 250 g/mol. The molecule has 0 bridgehead atoms. The van der Waals surface area contributed by atoms with E-state index in [1.165, 1.54) is 5.57 Å². The van der Waals surface area contributed by atoms with E-state index in [1.807, 2.05) is 0 Å². The molecule has 2 rings (SSSR count). The number of rotatable bonds is 5. The fraction of sp³-hybridized carbons (Fsp3) is 0.714. The van der Waals surface area contributed by atoms with Crippen molar-refractivity contribution in [1.29, 1.82) is 0 Å². The van der Waals surface area contributed by atoms with Gasteiger partial charge in [-0.05, 0) is 45.1 Å². The maximum atomic E-state index is 6.27.